The van der Waals surface area contributed by atoms with E-state index in [9.17, 15) is 13.2 Å². The minimum absolute atomic E-state index is 0.0365. The van der Waals surface area contributed by atoms with Crippen LogP contribution in [0.3, 0.4) is 0 Å². The molecule has 0 aliphatic carbocycles. The van der Waals surface area contributed by atoms with Crippen LogP contribution in [0.15, 0.2) is 52.6 Å². The molecule has 0 radical (unpaired) electrons. The zero-order chi connectivity index (χ0) is 17.9. The summed E-state index contributed by atoms with van der Waals surface area (Å²) in [6.45, 7) is 3.42. The number of ether oxygens (including phenoxy) is 2. The second-order valence-corrected chi connectivity index (χ2v) is 8.25. The summed E-state index contributed by atoms with van der Waals surface area (Å²) < 4.78 is 36.9. The quantitative estimate of drug-likeness (QED) is 0.745. The molecule has 132 valence electrons. The first-order valence-corrected chi connectivity index (χ1v) is 9.67. The number of fused-ring (bicyclic) bond motifs is 1. The van der Waals surface area contributed by atoms with Gasteiger partial charge in [-0.2, -0.15) is 4.31 Å². The molecule has 25 heavy (non-hydrogen) atoms. The third kappa shape index (κ3) is 3.84. The van der Waals surface area contributed by atoms with Gasteiger partial charge in [0.1, 0.15) is 4.21 Å². The highest BCUT2D eigenvalue weighted by Gasteiger charge is 2.26. The Labute approximate surface area is 149 Å². The summed E-state index contributed by atoms with van der Waals surface area (Å²) in [6.07, 6.45) is 1.44. The predicted octanol–water partition coefficient (Wildman–Crippen LogP) is 2.29. The van der Waals surface area contributed by atoms with Crippen LogP contribution in [0.25, 0.3) is 0 Å². The Morgan fingerprint density at radius 2 is 2.12 bits per heavy atom. The van der Waals surface area contributed by atoms with E-state index in [1.807, 2.05) is 0 Å². The number of nitrogens with one attached hydrogen (secondary N) is 1. The molecule has 0 fully saturated rings. The largest absolute Gasteiger partial charge is 0.454 e. The summed E-state index contributed by atoms with van der Waals surface area (Å²) in [4.78, 5) is 12.3. The van der Waals surface area contributed by atoms with Gasteiger partial charge in [-0.1, -0.05) is 12.1 Å². The lowest BCUT2D eigenvalue weighted by Crippen LogP contribution is -2.37. The lowest BCUT2D eigenvalue weighted by Gasteiger charge is -2.19. The number of carbonyl (C=O) groups excluding carboxylic acids is 1. The SMILES string of the molecule is C=CCN(CC(=O)Nc1ccc2c(c1)OCO2)S(=O)(=O)c1cccs1. The molecule has 1 aliphatic rings. The van der Waals surface area contributed by atoms with Gasteiger partial charge in [0.25, 0.3) is 10.0 Å². The topological polar surface area (TPSA) is 84.9 Å². The minimum atomic E-state index is -3.74. The Morgan fingerprint density at radius 1 is 1.32 bits per heavy atom. The van der Waals surface area contributed by atoms with Crippen LogP contribution in [0.1, 0.15) is 0 Å². The molecule has 7 nitrogen and oxygen atoms in total. The van der Waals surface area contributed by atoms with Gasteiger partial charge >= 0.3 is 0 Å². The number of anilines is 1. The van der Waals surface area contributed by atoms with Crippen molar-refractivity contribution >= 4 is 33.0 Å². The zero-order valence-corrected chi connectivity index (χ0v) is 14.8. The number of nitrogens with zero attached hydrogens (tertiary/aromatic N) is 1. The van der Waals surface area contributed by atoms with Crippen molar-refractivity contribution in [2.45, 2.75) is 4.21 Å². The molecule has 1 N–H and O–H groups in total. The molecule has 1 aromatic heterocycles. The Bertz CT molecular complexity index is 878. The number of sulfonamides is 1. The van der Waals surface area contributed by atoms with Crippen molar-refractivity contribution in [3.05, 3.63) is 48.4 Å². The van der Waals surface area contributed by atoms with Crippen molar-refractivity contribution in [3.8, 4) is 11.5 Å². The van der Waals surface area contributed by atoms with Gasteiger partial charge < -0.3 is 14.8 Å². The molecule has 1 aromatic carbocycles. The third-order valence-corrected chi connectivity index (χ3v) is 6.58. The fourth-order valence-corrected chi connectivity index (χ4v) is 4.78. The predicted molar refractivity (Wildman–Crippen MR) is 94.5 cm³/mol. The van der Waals surface area contributed by atoms with E-state index in [2.05, 4.69) is 11.9 Å². The van der Waals surface area contributed by atoms with Gasteiger partial charge in [-0.3, -0.25) is 4.79 Å². The maximum absolute atomic E-state index is 12.6. The molecule has 0 saturated heterocycles. The van der Waals surface area contributed by atoms with E-state index in [4.69, 9.17) is 9.47 Å². The number of thiophene rings is 1. The molecular weight excluding hydrogens is 364 g/mol. The van der Waals surface area contributed by atoms with Gasteiger partial charge in [0.05, 0.1) is 6.54 Å². The van der Waals surface area contributed by atoms with Gasteiger partial charge in [0.15, 0.2) is 11.5 Å². The lowest BCUT2D eigenvalue weighted by molar-refractivity contribution is -0.116. The third-order valence-electron chi connectivity index (χ3n) is 3.40. The standard InChI is InChI=1S/C16H16N2O5S2/c1-2-7-18(25(20,21)16-4-3-8-24-16)10-15(19)17-12-5-6-13-14(9-12)23-11-22-13/h2-6,8-9H,1,7,10-11H2,(H,17,19). The number of hydrogen-bond donors (Lipinski definition) is 1. The van der Waals surface area contributed by atoms with Crippen LogP contribution < -0.4 is 14.8 Å². The Hall–Kier alpha value is -2.36. The molecule has 3 rings (SSSR count). The van der Waals surface area contributed by atoms with Gasteiger partial charge in [0.2, 0.25) is 12.7 Å². The molecule has 0 unspecified atom stereocenters. The summed E-state index contributed by atoms with van der Waals surface area (Å²) in [7, 11) is -3.74. The van der Waals surface area contributed by atoms with Gasteiger partial charge in [-0.05, 0) is 23.6 Å². The van der Waals surface area contributed by atoms with Crippen LogP contribution >= 0.6 is 11.3 Å². The maximum Gasteiger partial charge on any atom is 0.253 e. The van der Waals surface area contributed by atoms with Crippen LogP contribution in [-0.2, 0) is 14.8 Å². The Balaban J connectivity index is 1.72. The molecule has 0 bridgehead atoms. The molecule has 1 aliphatic heterocycles. The zero-order valence-electron chi connectivity index (χ0n) is 13.2. The van der Waals surface area contributed by atoms with Gasteiger partial charge in [-0.15, -0.1) is 17.9 Å². The molecule has 2 heterocycles. The van der Waals surface area contributed by atoms with E-state index in [-0.39, 0.29) is 24.1 Å². The second kappa shape index (κ2) is 7.26. The number of rotatable bonds is 7. The smallest absolute Gasteiger partial charge is 0.253 e. The van der Waals surface area contributed by atoms with E-state index in [1.54, 1.807) is 29.6 Å². The molecular formula is C16H16N2O5S2. The van der Waals surface area contributed by atoms with Crippen LogP contribution in [0.2, 0.25) is 0 Å². The van der Waals surface area contributed by atoms with Crippen molar-refractivity contribution < 1.29 is 22.7 Å². The minimum Gasteiger partial charge on any atom is -0.454 e. The lowest BCUT2D eigenvalue weighted by atomic mass is 10.3. The highest BCUT2D eigenvalue weighted by molar-refractivity contribution is 7.91. The molecule has 1 amide bonds. The fourth-order valence-electron chi connectivity index (χ4n) is 2.26. The number of carbonyl (C=O) groups is 1. The number of benzene rings is 1. The summed E-state index contributed by atoms with van der Waals surface area (Å²) in [5, 5.41) is 4.34. The van der Waals surface area contributed by atoms with Crippen molar-refractivity contribution in [3.63, 3.8) is 0 Å². The first-order valence-electron chi connectivity index (χ1n) is 7.35. The van der Waals surface area contributed by atoms with E-state index < -0.39 is 15.9 Å². The average molecular weight is 380 g/mol. The van der Waals surface area contributed by atoms with Gasteiger partial charge in [-0.25, -0.2) is 8.42 Å². The summed E-state index contributed by atoms with van der Waals surface area (Å²) in [5.74, 6) is 0.680. The highest BCUT2D eigenvalue weighted by Crippen LogP contribution is 2.34. The maximum atomic E-state index is 12.6. The molecule has 2 aromatic rings. The Kier molecular flexibility index (Phi) is 5.07. The summed E-state index contributed by atoms with van der Waals surface area (Å²) in [5.41, 5.74) is 0.501. The van der Waals surface area contributed by atoms with Crippen molar-refractivity contribution in [2.75, 3.05) is 25.2 Å². The summed E-state index contributed by atoms with van der Waals surface area (Å²) in [6, 6.07) is 8.13. The number of hydrogen-bond acceptors (Lipinski definition) is 6. The van der Waals surface area contributed by atoms with Crippen LogP contribution in [0.4, 0.5) is 5.69 Å². The monoisotopic (exact) mass is 380 g/mol. The Morgan fingerprint density at radius 3 is 2.84 bits per heavy atom. The van der Waals surface area contributed by atoms with E-state index in [1.165, 1.54) is 12.1 Å². The van der Waals surface area contributed by atoms with Crippen LogP contribution in [-0.4, -0.2) is 38.5 Å². The van der Waals surface area contributed by atoms with E-state index in [0.29, 0.717) is 17.2 Å². The highest BCUT2D eigenvalue weighted by atomic mass is 32.2. The number of amides is 1. The van der Waals surface area contributed by atoms with E-state index >= 15 is 0 Å². The van der Waals surface area contributed by atoms with Crippen molar-refractivity contribution in [1.29, 1.82) is 0 Å². The second-order valence-electron chi connectivity index (χ2n) is 5.13. The molecule has 0 atom stereocenters. The van der Waals surface area contributed by atoms with Gasteiger partial charge in [0, 0.05) is 18.3 Å². The van der Waals surface area contributed by atoms with Crippen LogP contribution in [0, 0.1) is 0 Å². The molecule has 0 saturated carbocycles. The normalized spacial score (nSPS) is 13.0. The molecule has 0 spiro atoms. The average Bonchev–Trinajstić information content (AvgIpc) is 3.25. The van der Waals surface area contributed by atoms with E-state index in [0.717, 1.165) is 15.6 Å². The van der Waals surface area contributed by atoms with Crippen LogP contribution in [0.5, 0.6) is 11.5 Å². The van der Waals surface area contributed by atoms with Crippen molar-refractivity contribution in [1.82, 2.24) is 4.31 Å². The molecule has 9 heteroatoms. The van der Waals surface area contributed by atoms with Crippen molar-refractivity contribution in [2.24, 2.45) is 0 Å². The first-order chi connectivity index (χ1) is 12.0. The first kappa shape index (κ1) is 17.5. The summed E-state index contributed by atoms with van der Waals surface area (Å²) >= 11 is 1.10. The fraction of sp³-hybridized carbons (Fsp3) is 0.188.